The molecule has 1 aromatic carbocycles. The molecule has 0 radical (unpaired) electrons. The Hall–Kier alpha value is -3.20. The maximum absolute atomic E-state index is 12.5. The van der Waals surface area contributed by atoms with Crippen LogP contribution in [0.1, 0.15) is 5.56 Å². The van der Waals surface area contributed by atoms with Crippen molar-refractivity contribution in [2.24, 2.45) is 0 Å². The molecule has 0 saturated carbocycles. The van der Waals surface area contributed by atoms with Gasteiger partial charge < -0.3 is 9.72 Å². The minimum atomic E-state index is -2.83. The van der Waals surface area contributed by atoms with Crippen molar-refractivity contribution in [1.82, 2.24) is 19.5 Å². The molecule has 4 rings (SSSR count). The third-order valence-corrected chi connectivity index (χ3v) is 5.48. The van der Waals surface area contributed by atoms with Crippen LogP contribution in [0.2, 0.25) is 0 Å². The fraction of sp³-hybridized carbons (Fsp3) is 0.167. The maximum Gasteiger partial charge on any atom is 0.326 e. The number of rotatable bonds is 4. The number of aromatic nitrogens is 4. The Labute approximate surface area is 154 Å². The van der Waals surface area contributed by atoms with Crippen LogP contribution in [0.15, 0.2) is 52.3 Å². The Bertz CT molecular complexity index is 1340. The van der Waals surface area contributed by atoms with Gasteiger partial charge in [0.05, 0.1) is 40.6 Å². The summed E-state index contributed by atoms with van der Waals surface area (Å²) in [6, 6.07) is 10.5. The molecular formula is C18H17N5O3S. The summed E-state index contributed by atoms with van der Waals surface area (Å²) in [5.74, 6) is 0.444. The predicted octanol–water partition coefficient (Wildman–Crippen LogP) is 2.37. The molecule has 3 aromatic heterocycles. The number of hydrogen-bond acceptors (Lipinski definition) is 6. The van der Waals surface area contributed by atoms with E-state index in [2.05, 4.69) is 15.0 Å². The van der Waals surface area contributed by atoms with Crippen LogP contribution in [0.4, 0.5) is 0 Å². The van der Waals surface area contributed by atoms with Crippen LogP contribution in [0, 0.1) is 4.78 Å². The van der Waals surface area contributed by atoms with Gasteiger partial charge in [0, 0.05) is 22.6 Å². The molecule has 2 N–H and O–H groups in total. The fourth-order valence-electron chi connectivity index (χ4n) is 3.05. The van der Waals surface area contributed by atoms with Gasteiger partial charge in [0.15, 0.2) is 5.65 Å². The summed E-state index contributed by atoms with van der Waals surface area (Å²) in [5.41, 5.74) is 2.28. The third-order valence-electron chi connectivity index (χ3n) is 4.33. The molecule has 0 aliphatic rings. The second kappa shape index (κ2) is 6.20. The van der Waals surface area contributed by atoms with Crippen molar-refractivity contribution in [1.29, 1.82) is 4.78 Å². The van der Waals surface area contributed by atoms with Crippen molar-refractivity contribution in [3.8, 4) is 5.88 Å². The first-order valence-corrected chi connectivity index (χ1v) is 10.1. The van der Waals surface area contributed by atoms with E-state index in [0.29, 0.717) is 27.5 Å². The lowest BCUT2D eigenvalue weighted by Crippen LogP contribution is -2.17. The number of imidazole rings is 1. The second-order valence-electron chi connectivity index (χ2n) is 6.25. The number of hydrogen-bond donors (Lipinski definition) is 2. The first kappa shape index (κ1) is 17.2. The van der Waals surface area contributed by atoms with Gasteiger partial charge in [-0.3, -0.25) is 4.57 Å². The number of H-pyrrole nitrogens is 1. The van der Waals surface area contributed by atoms with Crippen LogP contribution < -0.4 is 10.4 Å². The molecule has 0 bridgehead atoms. The molecule has 1 atom stereocenters. The molecule has 0 amide bonds. The zero-order valence-corrected chi connectivity index (χ0v) is 15.5. The van der Waals surface area contributed by atoms with E-state index in [-0.39, 0.29) is 12.2 Å². The average molecular weight is 383 g/mol. The number of fused-ring (bicyclic) bond motifs is 3. The summed E-state index contributed by atoms with van der Waals surface area (Å²) >= 11 is 0. The van der Waals surface area contributed by atoms with E-state index < -0.39 is 9.73 Å². The van der Waals surface area contributed by atoms with Crippen molar-refractivity contribution >= 4 is 31.8 Å². The van der Waals surface area contributed by atoms with Crippen LogP contribution in [0.3, 0.4) is 0 Å². The van der Waals surface area contributed by atoms with Crippen molar-refractivity contribution < 1.29 is 8.95 Å². The molecular weight excluding hydrogens is 366 g/mol. The summed E-state index contributed by atoms with van der Waals surface area (Å²) in [5, 5.41) is 0.725. The minimum absolute atomic E-state index is 0.271. The van der Waals surface area contributed by atoms with E-state index in [1.165, 1.54) is 13.4 Å². The smallest absolute Gasteiger partial charge is 0.326 e. The third kappa shape index (κ3) is 3.06. The van der Waals surface area contributed by atoms with E-state index in [4.69, 9.17) is 9.52 Å². The van der Waals surface area contributed by atoms with E-state index in [0.717, 1.165) is 10.9 Å². The SMILES string of the molecule is COc1ccc2c(ncc3[nH]c(=O)n(Cc4cccc(S(C)(=N)=O)c4)c32)n1. The van der Waals surface area contributed by atoms with Gasteiger partial charge in [-0.2, -0.15) is 4.98 Å². The lowest BCUT2D eigenvalue weighted by molar-refractivity contribution is 0.399. The second-order valence-corrected chi connectivity index (χ2v) is 8.41. The largest absolute Gasteiger partial charge is 0.481 e. The van der Waals surface area contributed by atoms with Gasteiger partial charge >= 0.3 is 5.69 Å². The summed E-state index contributed by atoms with van der Waals surface area (Å²) in [6.45, 7) is 0.271. The van der Waals surface area contributed by atoms with E-state index >= 15 is 0 Å². The molecule has 0 saturated heterocycles. The van der Waals surface area contributed by atoms with Gasteiger partial charge in [-0.1, -0.05) is 12.1 Å². The van der Waals surface area contributed by atoms with Crippen LogP contribution in [-0.2, 0) is 16.3 Å². The molecule has 0 aliphatic heterocycles. The zero-order chi connectivity index (χ0) is 19.2. The lowest BCUT2D eigenvalue weighted by Gasteiger charge is -2.08. The summed E-state index contributed by atoms with van der Waals surface area (Å²) in [6.07, 6.45) is 2.95. The molecule has 0 spiro atoms. The van der Waals surface area contributed by atoms with Gasteiger partial charge in [0.25, 0.3) is 0 Å². The van der Waals surface area contributed by atoms with Crippen molar-refractivity contribution in [2.45, 2.75) is 11.4 Å². The summed E-state index contributed by atoms with van der Waals surface area (Å²) < 4.78 is 26.5. The molecule has 1 unspecified atom stereocenters. The molecule has 27 heavy (non-hydrogen) atoms. The van der Waals surface area contributed by atoms with Gasteiger partial charge in [0.1, 0.15) is 0 Å². The Morgan fingerprint density at radius 3 is 2.85 bits per heavy atom. The number of nitrogens with one attached hydrogen (secondary N) is 2. The Morgan fingerprint density at radius 2 is 2.11 bits per heavy atom. The highest BCUT2D eigenvalue weighted by atomic mass is 32.2. The van der Waals surface area contributed by atoms with Crippen LogP contribution in [0.5, 0.6) is 5.88 Å². The van der Waals surface area contributed by atoms with E-state index in [1.807, 2.05) is 12.1 Å². The highest BCUT2D eigenvalue weighted by molar-refractivity contribution is 7.91. The molecule has 0 aliphatic carbocycles. The highest BCUT2D eigenvalue weighted by Gasteiger charge is 2.14. The number of aromatic amines is 1. The van der Waals surface area contributed by atoms with Gasteiger partial charge in [0.2, 0.25) is 5.88 Å². The lowest BCUT2D eigenvalue weighted by atomic mass is 10.2. The first-order valence-electron chi connectivity index (χ1n) is 8.12. The normalized spacial score (nSPS) is 13.7. The molecule has 8 nitrogen and oxygen atoms in total. The number of nitrogens with zero attached hydrogens (tertiary/aromatic N) is 3. The molecule has 3 heterocycles. The number of ether oxygens (including phenoxy) is 1. The monoisotopic (exact) mass is 383 g/mol. The number of methoxy groups -OCH3 is 1. The predicted molar refractivity (Wildman–Crippen MR) is 103 cm³/mol. The summed E-state index contributed by atoms with van der Waals surface area (Å²) in [4.78, 5) is 24.4. The average Bonchev–Trinajstić information content (AvgIpc) is 2.96. The first-order chi connectivity index (χ1) is 12.9. The number of benzene rings is 1. The Balaban J connectivity index is 1.90. The van der Waals surface area contributed by atoms with Crippen molar-refractivity contribution in [2.75, 3.05) is 13.4 Å². The van der Waals surface area contributed by atoms with E-state index in [9.17, 15) is 9.00 Å². The topological polar surface area (TPSA) is 114 Å². The Kier molecular flexibility index (Phi) is 3.96. The van der Waals surface area contributed by atoms with Crippen LogP contribution in [-0.4, -0.2) is 37.1 Å². The van der Waals surface area contributed by atoms with Gasteiger partial charge in [-0.15, -0.1) is 0 Å². The van der Waals surface area contributed by atoms with Gasteiger partial charge in [-0.25, -0.2) is 18.8 Å². The highest BCUT2D eigenvalue weighted by Crippen LogP contribution is 2.23. The van der Waals surface area contributed by atoms with Crippen molar-refractivity contribution in [3.05, 3.63) is 58.6 Å². The zero-order valence-electron chi connectivity index (χ0n) is 14.7. The van der Waals surface area contributed by atoms with Crippen molar-refractivity contribution in [3.63, 3.8) is 0 Å². The quantitative estimate of drug-likeness (QED) is 0.562. The standard InChI is InChI=1S/C18H17N5O3S/c1-26-15-7-6-13-16-14(9-20-17(13)22-15)21-18(24)23(16)10-11-4-3-5-12(8-11)27(2,19)25/h3-9,19H,10H2,1-2H3,(H,21,24). The molecule has 138 valence electrons. The minimum Gasteiger partial charge on any atom is -0.481 e. The van der Waals surface area contributed by atoms with E-state index in [1.54, 1.807) is 35.0 Å². The molecule has 4 aromatic rings. The van der Waals surface area contributed by atoms with Crippen LogP contribution in [0.25, 0.3) is 22.1 Å². The summed E-state index contributed by atoms with van der Waals surface area (Å²) in [7, 11) is -1.30. The Morgan fingerprint density at radius 1 is 1.30 bits per heavy atom. The molecule has 9 heteroatoms. The fourth-order valence-corrected chi connectivity index (χ4v) is 3.76. The molecule has 0 fully saturated rings. The van der Waals surface area contributed by atoms with Gasteiger partial charge in [-0.05, 0) is 23.8 Å². The van der Waals surface area contributed by atoms with Crippen LogP contribution >= 0.6 is 0 Å². The number of pyridine rings is 2. The maximum atomic E-state index is 12.5.